The van der Waals surface area contributed by atoms with Crippen LogP contribution in [0.5, 0.6) is 11.5 Å². The molecule has 2 aromatic carbocycles. The molecule has 2 aromatic rings. The van der Waals surface area contributed by atoms with Crippen LogP contribution in [0.2, 0.25) is 0 Å². The van der Waals surface area contributed by atoms with Gasteiger partial charge >= 0.3 is 5.97 Å². The Balaban J connectivity index is 2.18. The molecule has 0 fully saturated rings. The van der Waals surface area contributed by atoms with Crippen LogP contribution in [0.4, 0.5) is 0 Å². The molecule has 3 amide bonds. The first kappa shape index (κ1) is 29.1. The van der Waals surface area contributed by atoms with Crippen LogP contribution < -0.4 is 21.7 Å². The second-order valence-corrected chi connectivity index (χ2v) is 9.22. The van der Waals surface area contributed by atoms with Crippen LogP contribution in [0.3, 0.4) is 0 Å². The first-order valence-corrected chi connectivity index (χ1v) is 11.8. The molecule has 0 aliphatic carbocycles. The highest BCUT2D eigenvalue weighted by Gasteiger charge is 2.31. The number of amides is 3. The second kappa shape index (κ2) is 13.3. The van der Waals surface area contributed by atoms with Gasteiger partial charge in [0, 0.05) is 12.8 Å². The van der Waals surface area contributed by atoms with Gasteiger partial charge in [-0.25, -0.2) is 4.79 Å². The van der Waals surface area contributed by atoms with Crippen molar-refractivity contribution in [1.29, 1.82) is 0 Å². The number of aromatic hydroxyl groups is 2. The van der Waals surface area contributed by atoms with Gasteiger partial charge in [0.2, 0.25) is 17.7 Å². The molecule has 0 spiro atoms. The highest BCUT2D eigenvalue weighted by atomic mass is 16.4. The van der Waals surface area contributed by atoms with E-state index in [0.29, 0.717) is 11.1 Å². The molecule has 8 N–H and O–H groups in total. The number of nitrogens with two attached hydrogens (primary N) is 1. The molecule has 0 radical (unpaired) electrons. The molecule has 2 rings (SSSR count). The predicted octanol–water partition coefficient (Wildman–Crippen LogP) is 0.425. The number of carbonyl (C=O) groups excluding carboxylic acids is 3. The lowest BCUT2D eigenvalue weighted by Gasteiger charge is -2.27. The lowest BCUT2D eigenvalue weighted by Crippen LogP contribution is -2.58. The monoisotopic (exact) mass is 514 g/mol. The van der Waals surface area contributed by atoms with Crippen molar-refractivity contribution >= 4 is 23.7 Å². The topological polar surface area (TPSA) is 191 Å². The van der Waals surface area contributed by atoms with Crippen LogP contribution in [0, 0.1) is 5.92 Å². The predicted molar refractivity (Wildman–Crippen MR) is 136 cm³/mol. The lowest BCUT2D eigenvalue weighted by atomic mass is 9.99. The molecule has 4 unspecified atom stereocenters. The summed E-state index contributed by atoms with van der Waals surface area (Å²) in [5.41, 5.74) is 6.87. The largest absolute Gasteiger partial charge is 0.508 e. The van der Waals surface area contributed by atoms with E-state index in [1.807, 2.05) is 0 Å². The van der Waals surface area contributed by atoms with Crippen molar-refractivity contribution in [1.82, 2.24) is 16.0 Å². The van der Waals surface area contributed by atoms with Crippen LogP contribution in [0.15, 0.2) is 48.5 Å². The summed E-state index contributed by atoms with van der Waals surface area (Å²) < 4.78 is 0. The van der Waals surface area contributed by atoms with Gasteiger partial charge in [-0.15, -0.1) is 0 Å². The Morgan fingerprint density at radius 1 is 0.703 bits per heavy atom. The third-order valence-corrected chi connectivity index (χ3v) is 5.66. The summed E-state index contributed by atoms with van der Waals surface area (Å²) in [5.74, 6) is -3.52. The third kappa shape index (κ3) is 9.12. The average molecular weight is 515 g/mol. The van der Waals surface area contributed by atoms with Gasteiger partial charge in [0.05, 0.1) is 6.04 Å². The van der Waals surface area contributed by atoms with Crippen molar-refractivity contribution in [3.05, 3.63) is 59.7 Å². The van der Waals surface area contributed by atoms with Crippen molar-refractivity contribution in [2.45, 2.75) is 57.8 Å². The molecular formula is C26H34N4O7. The number of carbonyl (C=O) groups is 4. The highest BCUT2D eigenvalue weighted by Crippen LogP contribution is 2.14. The Labute approximate surface area is 215 Å². The molecule has 0 saturated carbocycles. The van der Waals surface area contributed by atoms with E-state index in [0.717, 1.165) is 0 Å². The van der Waals surface area contributed by atoms with E-state index < -0.39 is 53.8 Å². The maximum absolute atomic E-state index is 13.2. The molecule has 4 atom stereocenters. The number of rotatable bonds is 12. The lowest BCUT2D eigenvalue weighted by molar-refractivity contribution is -0.142. The highest BCUT2D eigenvalue weighted by molar-refractivity contribution is 5.94. The van der Waals surface area contributed by atoms with Crippen LogP contribution in [-0.2, 0) is 32.0 Å². The number of phenolic OH excluding ortho intramolecular Hbond substituents is 2. The van der Waals surface area contributed by atoms with Crippen molar-refractivity contribution in [2.24, 2.45) is 11.7 Å². The first-order chi connectivity index (χ1) is 17.4. The molecular weight excluding hydrogens is 480 g/mol. The average Bonchev–Trinajstić information content (AvgIpc) is 2.83. The molecule has 0 bridgehead atoms. The Bertz CT molecular complexity index is 1090. The van der Waals surface area contributed by atoms with Gasteiger partial charge < -0.3 is 37.0 Å². The zero-order valence-electron chi connectivity index (χ0n) is 21.0. The third-order valence-electron chi connectivity index (χ3n) is 5.66. The van der Waals surface area contributed by atoms with Gasteiger partial charge in [-0.05, 0) is 48.2 Å². The number of hydrogen-bond acceptors (Lipinski definition) is 7. The Kier molecular flexibility index (Phi) is 10.4. The molecule has 11 heteroatoms. The van der Waals surface area contributed by atoms with Crippen molar-refractivity contribution in [2.75, 3.05) is 0 Å². The van der Waals surface area contributed by atoms with E-state index in [2.05, 4.69) is 16.0 Å². The van der Waals surface area contributed by atoms with E-state index in [-0.39, 0.29) is 24.3 Å². The SMILES string of the molecule is CC(N)C(=O)NC(Cc1ccc(O)cc1)C(=O)NC(C(=O)NC(Cc1ccc(O)cc1)C(=O)O)C(C)C. The quantitative estimate of drug-likeness (QED) is 0.212. The first-order valence-electron chi connectivity index (χ1n) is 11.8. The minimum Gasteiger partial charge on any atom is -0.508 e. The summed E-state index contributed by atoms with van der Waals surface area (Å²) in [6.45, 7) is 4.85. The van der Waals surface area contributed by atoms with Crippen LogP contribution in [0.25, 0.3) is 0 Å². The number of nitrogens with one attached hydrogen (secondary N) is 3. The van der Waals surface area contributed by atoms with E-state index in [1.54, 1.807) is 38.1 Å². The van der Waals surface area contributed by atoms with Crippen molar-refractivity contribution < 1.29 is 34.5 Å². The zero-order valence-corrected chi connectivity index (χ0v) is 21.0. The molecule has 200 valence electrons. The van der Waals surface area contributed by atoms with Crippen molar-refractivity contribution in [3.63, 3.8) is 0 Å². The maximum atomic E-state index is 13.2. The zero-order chi connectivity index (χ0) is 27.7. The fourth-order valence-corrected chi connectivity index (χ4v) is 3.50. The van der Waals surface area contributed by atoms with Gasteiger partial charge in [-0.2, -0.15) is 0 Å². The smallest absolute Gasteiger partial charge is 0.326 e. The summed E-state index contributed by atoms with van der Waals surface area (Å²) in [7, 11) is 0. The Hall–Kier alpha value is -4.12. The summed E-state index contributed by atoms with van der Waals surface area (Å²) in [5, 5.41) is 36.2. The van der Waals surface area contributed by atoms with E-state index in [4.69, 9.17) is 5.73 Å². The normalized spacial score (nSPS) is 14.2. The summed E-state index contributed by atoms with van der Waals surface area (Å²) in [6.07, 6.45) is 0.0314. The molecule has 0 heterocycles. The number of carboxylic acids is 1. The van der Waals surface area contributed by atoms with Crippen LogP contribution in [-0.4, -0.2) is 63.2 Å². The molecule has 11 nitrogen and oxygen atoms in total. The standard InChI is InChI=1S/C26H34N4O7/c1-14(2)22(25(35)29-21(26(36)37)13-17-6-10-19(32)11-7-17)30-24(34)20(28-23(33)15(3)27)12-16-4-8-18(31)9-5-16/h4-11,14-15,20-22,31-32H,12-13,27H2,1-3H3,(H,28,33)(H,29,35)(H,30,34)(H,36,37). The molecule has 0 aromatic heterocycles. The number of carboxylic acid groups (broad SMARTS) is 1. The van der Waals surface area contributed by atoms with Crippen molar-refractivity contribution in [3.8, 4) is 11.5 Å². The second-order valence-electron chi connectivity index (χ2n) is 9.22. The number of hydrogen-bond donors (Lipinski definition) is 7. The minimum absolute atomic E-state index is 0.0280. The fourth-order valence-electron chi connectivity index (χ4n) is 3.50. The number of phenols is 2. The fraction of sp³-hybridized carbons (Fsp3) is 0.385. The van der Waals surface area contributed by atoms with Gasteiger partial charge in [0.1, 0.15) is 29.6 Å². The van der Waals surface area contributed by atoms with E-state index in [1.165, 1.54) is 31.2 Å². The Morgan fingerprint density at radius 3 is 1.54 bits per heavy atom. The Morgan fingerprint density at radius 2 is 1.14 bits per heavy atom. The van der Waals surface area contributed by atoms with Gasteiger partial charge in [-0.1, -0.05) is 38.1 Å². The minimum atomic E-state index is -1.28. The maximum Gasteiger partial charge on any atom is 0.326 e. The molecule has 37 heavy (non-hydrogen) atoms. The summed E-state index contributed by atoms with van der Waals surface area (Å²) in [6, 6.07) is 7.69. The van der Waals surface area contributed by atoms with Gasteiger partial charge in [0.25, 0.3) is 0 Å². The van der Waals surface area contributed by atoms with E-state index >= 15 is 0 Å². The molecule has 0 saturated heterocycles. The van der Waals surface area contributed by atoms with Crippen LogP contribution in [0.1, 0.15) is 31.9 Å². The molecule has 0 aliphatic heterocycles. The van der Waals surface area contributed by atoms with E-state index in [9.17, 15) is 34.5 Å². The number of aliphatic carboxylic acids is 1. The summed E-state index contributed by atoms with van der Waals surface area (Å²) >= 11 is 0. The van der Waals surface area contributed by atoms with Crippen LogP contribution >= 0.6 is 0 Å². The van der Waals surface area contributed by atoms with Gasteiger partial charge in [-0.3, -0.25) is 14.4 Å². The van der Waals surface area contributed by atoms with Gasteiger partial charge in [0.15, 0.2) is 0 Å². The number of benzene rings is 2. The molecule has 0 aliphatic rings. The summed E-state index contributed by atoms with van der Waals surface area (Å²) in [4.78, 5) is 50.3.